The van der Waals surface area contributed by atoms with Crippen molar-refractivity contribution in [2.75, 3.05) is 26.7 Å². The first-order valence-electron chi connectivity index (χ1n) is 10.6. The highest BCUT2D eigenvalue weighted by molar-refractivity contribution is 5.34. The molecule has 0 unspecified atom stereocenters. The van der Waals surface area contributed by atoms with Gasteiger partial charge in [-0.25, -0.2) is 8.78 Å². The van der Waals surface area contributed by atoms with E-state index in [0.717, 1.165) is 62.2 Å². The Bertz CT molecular complexity index is 722. The molecule has 1 aromatic rings. The van der Waals surface area contributed by atoms with Crippen molar-refractivity contribution < 1.29 is 13.5 Å². The van der Waals surface area contributed by atoms with Gasteiger partial charge >= 0.3 is 0 Å². The molecule has 28 heavy (non-hydrogen) atoms. The number of fused-ring (bicyclic) bond motifs is 1. The lowest BCUT2D eigenvalue weighted by molar-refractivity contribution is -0.0296. The summed E-state index contributed by atoms with van der Waals surface area (Å²) in [7, 11) is 2.01. The number of nitrogens with zero attached hydrogens (tertiary/aromatic N) is 3. The van der Waals surface area contributed by atoms with Crippen LogP contribution in [-0.4, -0.2) is 52.9 Å². The second-order valence-corrected chi connectivity index (χ2v) is 10.1. The average Bonchev–Trinajstić information content (AvgIpc) is 3.16. The Morgan fingerprint density at radius 1 is 1.29 bits per heavy atom. The number of halogens is 2. The number of hydrogen-bond donors (Lipinski definition) is 1. The topological polar surface area (TPSA) is 56.3 Å². The zero-order chi connectivity index (χ0) is 20.2. The number of rotatable bonds is 5. The van der Waals surface area contributed by atoms with E-state index in [0.29, 0.717) is 19.0 Å². The second-order valence-electron chi connectivity index (χ2n) is 10.1. The SMILES string of the molecule is CN(CCN)Cc1nn2c(c1[C@H]1CC[C@]3(CC1)CC(C)(C)CO3)CC(F)(F)C2. The van der Waals surface area contributed by atoms with Gasteiger partial charge in [-0.2, -0.15) is 5.10 Å². The third-order valence-corrected chi connectivity index (χ3v) is 6.79. The zero-order valence-corrected chi connectivity index (χ0v) is 17.4. The molecule has 5 nitrogen and oxygen atoms in total. The van der Waals surface area contributed by atoms with Gasteiger partial charge in [0.2, 0.25) is 0 Å². The fourth-order valence-electron chi connectivity index (χ4n) is 5.62. The summed E-state index contributed by atoms with van der Waals surface area (Å²) < 4.78 is 35.9. The van der Waals surface area contributed by atoms with Crippen LogP contribution in [0.1, 0.15) is 68.8 Å². The van der Waals surface area contributed by atoms with Crippen LogP contribution in [0.5, 0.6) is 0 Å². The van der Waals surface area contributed by atoms with E-state index in [2.05, 4.69) is 23.8 Å². The molecule has 0 radical (unpaired) electrons. The highest BCUT2D eigenvalue weighted by Crippen LogP contribution is 2.51. The number of ether oxygens (including phenoxy) is 1. The first-order valence-corrected chi connectivity index (χ1v) is 10.6. The molecule has 0 bridgehead atoms. The largest absolute Gasteiger partial charge is 0.374 e. The Hall–Kier alpha value is -1.05. The van der Waals surface area contributed by atoms with E-state index < -0.39 is 5.92 Å². The van der Waals surface area contributed by atoms with Crippen LogP contribution in [0, 0.1) is 5.41 Å². The third kappa shape index (κ3) is 3.85. The maximum absolute atomic E-state index is 14.1. The summed E-state index contributed by atoms with van der Waals surface area (Å²) in [4.78, 5) is 2.13. The summed E-state index contributed by atoms with van der Waals surface area (Å²) >= 11 is 0. The van der Waals surface area contributed by atoms with Gasteiger partial charge < -0.3 is 10.5 Å². The second kappa shape index (κ2) is 7.03. The van der Waals surface area contributed by atoms with Crippen molar-refractivity contribution in [3.63, 3.8) is 0 Å². The van der Waals surface area contributed by atoms with Crippen molar-refractivity contribution in [3.8, 4) is 0 Å². The van der Waals surface area contributed by atoms with Crippen LogP contribution in [0.3, 0.4) is 0 Å². The number of aromatic nitrogens is 2. The predicted molar refractivity (Wildman–Crippen MR) is 105 cm³/mol. The summed E-state index contributed by atoms with van der Waals surface area (Å²) in [5.74, 6) is -2.37. The van der Waals surface area contributed by atoms with Crippen molar-refractivity contribution in [2.24, 2.45) is 11.1 Å². The first-order chi connectivity index (χ1) is 13.1. The minimum Gasteiger partial charge on any atom is -0.374 e. The van der Waals surface area contributed by atoms with Gasteiger partial charge in [-0.15, -0.1) is 0 Å². The average molecular weight is 397 g/mol. The van der Waals surface area contributed by atoms with Gasteiger partial charge in [0.25, 0.3) is 5.92 Å². The molecule has 0 amide bonds. The van der Waals surface area contributed by atoms with E-state index in [9.17, 15) is 8.78 Å². The molecule has 2 aliphatic heterocycles. The van der Waals surface area contributed by atoms with Gasteiger partial charge in [0, 0.05) is 30.9 Å². The lowest BCUT2D eigenvalue weighted by Crippen LogP contribution is -2.34. The van der Waals surface area contributed by atoms with Crippen LogP contribution >= 0.6 is 0 Å². The lowest BCUT2D eigenvalue weighted by Gasteiger charge is -2.37. The molecule has 3 heterocycles. The molecule has 1 saturated carbocycles. The third-order valence-electron chi connectivity index (χ3n) is 6.79. The number of nitrogens with two attached hydrogens (primary N) is 1. The van der Waals surface area contributed by atoms with Crippen LogP contribution in [0.25, 0.3) is 0 Å². The molecule has 0 atom stereocenters. The van der Waals surface area contributed by atoms with Crippen molar-refractivity contribution in [2.45, 2.75) is 82.9 Å². The molecule has 2 N–H and O–H groups in total. The van der Waals surface area contributed by atoms with Crippen LogP contribution < -0.4 is 5.73 Å². The minimum absolute atomic E-state index is 0.00320. The Labute approximate surface area is 166 Å². The monoisotopic (exact) mass is 396 g/mol. The van der Waals surface area contributed by atoms with Crippen LogP contribution in [0.2, 0.25) is 0 Å². The fourth-order valence-corrected chi connectivity index (χ4v) is 5.62. The Kier molecular flexibility index (Phi) is 5.08. The molecule has 1 saturated heterocycles. The van der Waals surface area contributed by atoms with E-state index in [4.69, 9.17) is 10.5 Å². The van der Waals surface area contributed by atoms with E-state index in [-0.39, 0.29) is 24.0 Å². The van der Waals surface area contributed by atoms with E-state index in [1.54, 1.807) is 4.68 Å². The van der Waals surface area contributed by atoms with Crippen LogP contribution in [0.4, 0.5) is 8.78 Å². The van der Waals surface area contributed by atoms with E-state index in [1.807, 2.05) is 7.05 Å². The van der Waals surface area contributed by atoms with Gasteiger partial charge in [-0.05, 0) is 50.5 Å². The molecule has 158 valence electrons. The molecule has 1 aliphatic carbocycles. The molecule has 0 aromatic carbocycles. The van der Waals surface area contributed by atoms with E-state index >= 15 is 0 Å². The molecular formula is C21H34F2N4O. The maximum atomic E-state index is 14.1. The minimum atomic E-state index is -2.67. The maximum Gasteiger partial charge on any atom is 0.272 e. The summed E-state index contributed by atoms with van der Waals surface area (Å²) in [6.45, 7) is 7.10. The highest BCUT2D eigenvalue weighted by Gasteiger charge is 2.48. The molecule has 7 heteroatoms. The van der Waals surface area contributed by atoms with Crippen LogP contribution in [-0.2, 0) is 24.2 Å². The van der Waals surface area contributed by atoms with Crippen molar-refractivity contribution in [1.82, 2.24) is 14.7 Å². The molecule has 4 rings (SSSR count). The quantitative estimate of drug-likeness (QED) is 0.830. The first kappa shape index (κ1) is 20.2. The van der Waals surface area contributed by atoms with Gasteiger partial charge in [0.1, 0.15) is 6.54 Å². The van der Waals surface area contributed by atoms with E-state index in [1.165, 1.54) is 0 Å². The highest BCUT2D eigenvalue weighted by atomic mass is 19.3. The predicted octanol–water partition coefficient (Wildman–Crippen LogP) is 3.31. The van der Waals surface area contributed by atoms with Gasteiger partial charge in [-0.1, -0.05) is 13.8 Å². The normalized spacial score (nSPS) is 31.0. The van der Waals surface area contributed by atoms with Crippen molar-refractivity contribution >= 4 is 0 Å². The van der Waals surface area contributed by atoms with Crippen LogP contribution in [0.15, 0.2) is 0 Å². The molecule has 3 aliphatic rings. The summed E-state index contributed by atoms with van der Waals surface area (Å²) in [5.41, 5.74) is 8.73. The smallest absolute Gasteiger partial charge is 0.272 e. The van der Waals surface area contributed by atoms with Gasteiger partial charge in [0.15, 0.2) is 0 Å². The number of hydrogen-bond acceptors (Lipinski definition) is 4. The van der Waals surface area contributed by atoms with Crippen molar-refractivity contribution in [3.05, 3.63) is 17.0 Å². The lowest BCUT2D eigenvalue weighted by atomic mass is 9.71. The molecule has 1 aromatic heterocycles. The Morgan fingerprint density at radius 2 is 2.00 bits per heavy atom. The van der Waals surface area contributed by atoms with Gasteiger partial charge in [0.05, 0.1) is 24.3 Å². The molecule has 2 fully saturated rings. The summed E-state index contributed by atoms with van der Waals surface area (Å²) in [6, 6.07) is 0. The zero-order valence-electron chi connectivity index (χ0n) is 17.4. The Morgan fingerprint density at radius 3 is 2.61 bits per heavy atom. The molecule has 1 spiro atoms. The molecular weight excluding hydrogens is 362 g/mol. The number of alkyl halides is 2. The standard InChI is InChI=1S/C21H34F2N4O/c1-19(2)12-20(28-14-19)6-4-15(5-7-20)18-16(11-26(3)9-8-24)25-27-13-21(22,23)10-17(18)27/h15H,4-14,24H2,1-3H3/t15-,20-. The Balaban J connectivity index is 1.55. The fraction of sp³-hybridized carbons (Fsp3) is 0.857. The number of likely N-dealkylation sites (N-methyl/N-ethyl adjacent to an activating group) is 1. The van der Waals surface area contributed by atoms with Gasteiger partial charge in [-0.3, -0.25) is 9.58 Å². The summed E-state index contributed by atoms with van der Waals surface area (Å²) in [6.07, 6.45) is 4.94. The van der Waals surface area contributed by atoms with Crippen molar-refractivity contribution in [1.29, 1.82) is 0 Å². The summed E-state index contributed by atoms with van der Waals surface area (Å²) in [5, 5.41) is 4.62.